The number of nitrogens with zero attached hydrogens (tertiary/aromatic N) is 1. The summed E-state index contributed by atoms with van der Waals surface area (Å²) < 4.78 is 43.9. The highest BCUT2D eigenvalue weighted by molar-refractivity contribution is 7.92. The van der Waals surface area contributed by atoms with Crippen LogP contribution in [0.2, 0.25) is 0 Å². The van der Waals surface area contributed by atoms with Crippen molar-refractivity contribution in [2.24, 2.45) is 0 Å². The van der Waals surface area contributed by atoms with Crippen molar-refractivity contribution in [2.75, 3.05) is 26.2 Å². The third kappa shape index (κ3) is 4.67. The average molecular weight is 358 g/mol. The largest absolute Gasteiger partial charge is 0.444 e. The van der Waals surface area contributed by atoms with E-state index in [2.05, 4.69) is 5.32 Å². The minimum atomic E-state index is -3.69. The van der Waals surface area contributed by atoms with Crippen LogP contribution >= 0.6 is 0 Å². The molecule has 6 nitrogen and oxygen atoms in total. The molecule has 0 bridgehead atoms. The summed E-state index contributed by atoms with van der Waals surface area (Å²) in [6.45, 7) is 6.37. The maximum Gasteiger partial charge on any atom is 0.410 e. The first-order valence-corrected chi connectivity index (χ1v) is 9.32. The fourth-order valence-electron chi connectivity index (χ4n) is 2.40. The van der Waals surface area contributed by atoms with Gasteiger partial charge < -0.3 is 15.0 Å². The first-order chi connectivity index (χ1) is 11.1. The van der Waals surface area contributed by atoms with Gasteiger partial charge in [0, 0.05) is 26.2 Å². The Labute approximate surface area is 141 Å². The van der Waals surface area contributed by atoms with Gasteiger partial charge in [-0.1, -0.05) is 0 Å². The Hall–Kier alpha value is -1.67. The van der Waals surface area contributed by atoms with Crippen molar-refractivity contribution < 1.29 is 22.3 Å². The molecule has 24 heavy (non-hydrogen) atoms. The van der Waals surface area contributed by atoms with Gasteiger partial charge in [0.1, 0.15) is 11.4 Å². The lowest BCUT2D eigenvalue weighted by Crippen LogP contribution is -2.43. The zero-order valence-electron chi connectivity index (χ0n) is 14.1. The average Bonchev–Trinajstić information content (AvgIpc) is 2.72. The highest BCUT2D eigenvalue weighted by Gasteiger charge is 2.34. The number of benzene rings is 1. The molecule has 1 heterocycles. The van der Waals surface area contributed by atoms with Crippen LogP contribution in [-0.2, 0) is 14.6 Å². The summed E-state index contributed by atoms with van der Waals surface area (Å²) in [5.41, 5.74) is -0.651. The molecule has 1 aliphatic rings. The third-order valence-corrected chi connectivity index (χ3v) is 5.71. The molecule has 8 heteroatoms. The lowest BCUT2D eigenvalue weighted by molar-refractivity contribution is 0.0264. The second-order valence-corrected chi connectivity index (χ2v) is 8.98. The zero-order chi connectivity index (χ0) is 18.0. The molecule has 2 rings (SSSR count). The van der Waals surface area contributed by atoms with Crippen molar-refractivity contribution in [1.29, 1.82) is 0 Å². The lowest BCUT2D eigenvalue weighted by atomic mass is 10.2. The molecular weight excluding hydrogens is 335 g/mol. The van der Waals surface area contributed by atoms with E-state index in [1.807, 2.05) is 0 Å². The van der Waals surface area contributed by atoms with Gasteiger partial charge in [0.05, 0.1) is 10.1 Å². The van der Waals surface area contributed by atoms with Gasteiger partial charge in [0.2, 0.25) is 0 Å². The molecule has 1 N–H and O–H groups in total. The Balaban J connectivity index is 2.20. The number of sulfone groups is 1. The standard InChI is InChI=1S/C16H23FN2O4S/c1-16(2,3)23-15(20)19-9-8-18-10-14(11-19)24(21,22)13-6-4-12(17)5-7-13/h4-7,14,18H,8-11H2,1-3H3. The third-order valence-electron chi connectivity index (χ3n) is 3.59. The van der Waals surface area contributed by atoms with Crippen LogP contribution in [0.5, 0.6) is 0 Å². The van der Waals surface area contributed by atoms with E-state index in [0.717, 1.165) is 12.1 Å². The molecule has 1 atom stereocenters. The molecule has 1 unspecified atom stereocenters. The van der Waals surface area contributed by atoms with E-state index in [9.17, 15) is 17.6 Å². The number of carbonyl (C=O) groups is 1. The summed E-state index contributed by atoms with van der Waals surface area (Å²) >= 11 is 0. The Morgan fingerprint density at radius 2 is 1.92 bits per heavy atom. The highest BCUT2D eigenvalue weighted by atomic mass is 32.2. The minimum absolute atomic E-state index is 0.0294. The van der Waals surface area contributed by atoms with Crippen molar-refractivity contribution in [3.63, 3.8) is 0 Å². The monoisotopic (exact) mass is 358 g/mol. The van der Waals surface area contributed by atoms with Gasteiger partial charge in [-0.15, -0.1) is 0 Å². The first kappa shape index (κ1) is 18.7. The molecule has 1 aromatic carbocycles. The molecule has 134 valence electrons. The number of amides is 1. The fraction of sp³-hybridized carbons (Fsp3) is 0.562. The SMILES string of the molecule is CC(C)(C)OC(=O)N1CCNCC(S(=O)(=O)c2ccc(F)cc2)C1. The van der Waals surface area contributed by atoms with Crippen LogP contribution in [0.1, 0.15) is 20.8 Å². The van der Waals surface area contributed by atoms with E-state index >= 15 is 0 Å². The number of hydrogen-bond donors (Lipinski definition) is 1. The fourth-order valence-corrected chi connectivity index (χ4v) is 4.01. The van der Waals surface area contributed by atoms with Crippen LogP contribution in [-0.4, -0.2) is 56.4 Å². The summed E-state index contributed by atoms with van der Waals surface area (Å²) in [5, 5.41) is 2.21. The normalized spacial score (nSPS) is 19.7. The minimum Gasteiger partial charge on any atom is -0.444 e. The Morgan fingerprint density at radius 1 is 1.29 bits per heavy atom. The van der Waals surface area contributed by atoms with E-state index < -0.39 is 32.6 Å². The molecule has 1 amide bonds. The smallest absolute Gasteiger partial charge is 0.410 e. The van der Waals surface area contributed by atoms with Gasteiger partial charge in [-0.05, 0) is 45.0 Å². The second-order valence-electron chi connectivity index (χ2n) is 6.75. The van der Waals surface area contributed by atoms with Gasteiger partial charge in [-0.25, -0.2) is 17.6 Å². The van der Waals surface area contributed by atoms with Crippen molar-refractivity contribution >= 4 is 15.9 Å². The maximum absolute atomic E-state index is 13.0. The Bertz CT molecular complexity index is 683. The van der Waals surface area contributed by atoms with Crippen LogP contribution in [0.4, 0.5) is 9.18 Å². The number of hydrogen-bond acceptors (Lipinski definition) is 5. The van der Waals surface area contributed by atoms with Gasteiger partial charge in [0.25, 0.3) is 0 Å². The van der Waals surface area contributed by atoms with Crippen molar-refractivity contribution in [3.8, 4) is 0 Å². The van der Waals surface area contributed by atoms with Crippen LogP contribution in [0, 0.1) is 5.82 Å². The number of rotatable bonds is 2. The molecule has 0 aromatic heterocycles. The molecule has 1 aliphatic heterocycles. The molecular formula is C16H23FN2O4S. The van der Waals surface area contributed by atoms with Gasteiger partial charge >= 0.3 is 6.09 Å². The van der Waals surface area contributed by atoms with E-state index in [4.69, 9.17) is 4.74 Å². The molecule has 1 fully saturated rings. The zero-order valence-corrected chi connectivity index (χ0v) is 14.9. The molecule has 0 spiro atoms. The molecule has 0 aliphatic carbocycles. The van der Waals surface area contributed by atoms with Gasteiger partial charge in [-0.3, -0.25) is 0 Å². The second kappa shape index (κ2) is 7.06. The van der Waals surface area contributed by atoms with Crippen LogP contribution in [0.15, 0.2) is 29.2 Å². The molecule has 0 saturated carbocycles. The number of halogens is 1. The number of nitrogens with one attached hydrogen (secondary N) is 1. The van der Waals surface area contributed by atoms with Crippen molar-refractivity contribution in [2.45, 2.75) is 36.5 Å². The Kier molecular flexibility index (Phi) is 5.49. The van der Waals surface area contributed by atoms with E-state index in [1.54, 1.807) is 20.8 Å². The molecule has 0 radical (unpaired) electrons. The maximum atomic E-state index is 13.0. The van der Waals surface area contributed by atoms with Crippen LogP contribution in [0.25, 0.3) is 0 Å². The predicted octanol–water partition coefficient (Wildman–Crippen LogP) is 1.81. The summed E-state index contributed by atoms with van der Waals surface area (Å²) in [6, 6.07) is 4.71. The summed E-state index contributed by atoms with van der Waals surface area (Å²) in [5.74, 6) is -0.497. The number of carbonyl (C=O) groups excluding carboxylic acids is 1. The quantitative estimate of drug-likeness (QED) is 0.816. The summed E-state index contributed by atoms with van der Waals surface area (Å²) in [7, 11) is -3.69. The first-order valence-electron chi connectivity index (χ1n) is 7.78. The number of ether oxygens (including phenoxy) is 1. The summed E-state index contributed by atoms with van der Waals surface area (Å²) in [4.78, 5) is 13.7. The van der Waals surface area contributed by atoms with Crippen molar-refractivity contribution in [3.05, 3.63) is 30.1 Å². The molecule has 1 aromatic rings. The van der Waals surface area contributed by atoms with E-state index in [0.29, 0.717) is 13.1 Å². The predicted molar refractivity (Wildman–Crippen MR) is 88.1 cm³/mol. The Morgan fingerprint density at radius 3 is 2.50 bits per heavy atom. The lowest BCUT2D eigenvalue weighted by Gasteiger charge is -2.28. The van der Waals surface area contributed by atoms with Gasteiger partial charge in [-0.2, -0.15) is 0 Å². The van der Waals surface area contributed by atoms with E-state index in [1.165, 1.54) is 17.0 Å². The summed E-state index contributed by atoms with van der Waals surface area (Å²) in [6.07, 6.45) is -0.537. The highest BCUT2D eigenvalue weighted by Crippen LogP contribution is 2.19. The topological polar surface area (TPSA) is 75.7 Å². The van der Waals surface area contributed by atoms with Crippen molar-refractivity contribution in [1.82, 2.24) is 10.2 Å². The van der Waals surface area contributed by atoms with Crippen LogP contribution < -0.4 is 5.32 Å². The van der Waals surface area contributed by atoms with Crippen LogP contribution in [0.3, 0.4) is 0 Å². The molecule has 1 saturated heterocycles. The van der Waals surface area contributed by atoms with E-state index in [-0.39, 0.29) is 18.0 Å². The van der Waals surface area contributed by atoms with Gasteiger partial charge in [0.15, 0.2) is 9.84 Å².